The fourth-order valence-corrected chi connectivity index (χ4v) is 3.24. The van der Waals surface area contributed by atoms with E-state index >= 15 is 0 Å². The lowest BCUT2D eigenvalue weighted by Gasteiger charge is -1.92. The van der Waals surface area contributed by atoms with Crippen molar-refractivity contribution in [1.29, 1.82) is 0 Å². The highest BCUT2D eigenvalue weighted by atomic mass is 32.1. The summed E-state index contributed by atoms with van der Waals surface area (Å²) in [7, 11) is 0. The molecule has 2 aromatic heterocycles. The number of rotatable bonds is 4. The SMILES string of the molecule is C[C@@H]1C[C@@H]1c1ccc(/C=N\Nc2nc3ccccc3s2)o1. The van der Waals surface area contributed by atoms with Gasteiger partial charge in [-0.15, -0.1) is 0 Å². The molecule has 1 aromatic carbocycles. The lowest BCUT2D eigenvalue weighted by molar-refractivity contribution is 0.500. The second kappa shape index (κ2) is 5.00. The molecule has 0 bridgehead atoms. The normalized spacial score (nSPS) is 21.2. The number of nitrogens with zero attached hydrogens (tertiary/aromatic N) is 2. The van der Waals surface area contributed by atoms with Gasteiger partial charge in [0, 0.05) is 5.92 Å². The zero-order valence-corrected chi connectivity index (χ0v) is 12.4. The van der Waals surface area contributed by atoms with Crippen LogP contribution in [0.5, 0.6) is 0 Å². The monoisotopic (exact) mass is 297 g/mol. The first-order valence-corrected chi connectivity index (χ1v) is 7.85. The summed E-state index contributed by atoms with van der Waals surface area (Å²) in [6.45, 7) is 2.25. The molecule has 21 heavy (non-hydrogen) atoms. The molecule has 0 radical (unpaired) electrons. The zero-order chi connectivity index (χ0) is 14.2. The van der Waals surface area contributed by atoms with Crippen LogP contribution < -0.4 is 5.43 Å². The van der Waals surface area contributed by atoms with Crippen LogP contribution in [0, 0.1) is 5.92 Å². The summed E-state index contributed by atoms with van der Waals surface area (Å²) < 4.78 is 6.92. The second-order valence-corrected chi connectivity index (χ2v) is 6.45. The minimum atomic E-state index is 0.601. The summed E-state index contributed by atoms with van der Waals surface area (Å²) in [5.41, 5.74) is 3.95. The highest BCUT2D eigenvalue weighted by molar-refractivity contribution is 7.22. The van der Waals surface area contributed by atoms with E-state index in [2.05, 4.69) is 28.5 Å². The maximum atomic E-state index is 5.77. The quantitative estimate of drug-likeness (QED) is 0.571. The van der Waals surface area contributed by atoms with Crippen LogP contribution in [0.1, 0.15) is 30.8 Å². The van der Waals surface area contributed by atoms with Gasteiger partial charge in [0.05, 0.1) is 16.4 Å². The van der Waals surface area contributed by atoms with Crippen molar-refractivity contribution >= 4 is 32.9 Å². The Labute approximate surface area is 126 Å². The number of thiazole rings is 1. The number of anilines is 1. The summed E-state index contributed by atoms with van der Waals surface area (Å²) in [5.74, 6) is 3.20. The number of hydrogen-bond donors (Lipinski definition) is 1. The molecule has 0 aliphatic heterocycles. The van der Waals surface area contributed by atoms with Crippen LogP contribution in [0.2, 0.25) is 0 Å². The van der Waals surface area contributed by atoms with Crippen molar-refractivity contribution in [2.75, 3.05) is 5.43 Å². The third-order valence-electron chi connectivity index (χ3n) is 3.77. The smallest absolute Gasteiger partial charge is 0.204 e. The Morgan fingerprint density at radius 3 is 3.00 bits per heavy atom. The molecule has 4 rings (SSSR count). The van der Waals surface area contributed by atoms with Gasteiger partial charge in [-0.2, -0.15) is 5.10 Å². The van der Waals surface area contributed by atoms with Crippen LogP contribution in [0.4, 0.5) is 5.13 Å². The molecule has 4 nitrogen and oxygen atoms in total. The molecule has 1 aliphatic carbocycles. The van der Waals surface area contributed by atoms with E-state index in [1.807, 2.05) is 30.3 Å². The van der Waals surface area contributed by atoms with E-state index in [-0.39, 0.29) is 0 Å². The Morgan fingerprint density at radius 1 is 1.33 bits per heavy atom. The van der Waals surface area contributed by atoms with Crippen LogP contribution in [-0.4, -0.2) is 11.2 Å². The molecule has 0 amide bonds. The number of hydrazone groups is 1. The van der Waals surface area contributed by atoms with Gasteiger partial charge >= 0.3 is 0 Å². The van der Waals surface area contributed by atoms with E-state index in [9.17, 15) is 0 Å². The van der Waals surface area contributed by atoms with E-state index in [4.69, 9.17) is 4.42 Å². The van der Waals surface area contributed by atoms with Crippen molar-refractivity contribution in [2.45, 2.75) is 19.3 Å². The van der Waals surface area contributed by atoms with Crippen LogP contribution in [0.3, 0.4) is 0 Å². The molecule has 0 saturated heterocycles. The molecule has 106 valence electrons. The Hall–Kier alpha value is -2.14. The third kappa shape index (κ3) is 2.56. The predicted octanol–water partition coefficient (Wildman–Crippen LogP) is 4.46. The maximum absolute atomic E-state index is 5.77. The average molecular weight is 297 g/mol. The predicted molar refractivity (Wildman–Crippen MR) is 86.1 cm³/mol. The average Bonchev–Trinajstić information content (AvgIpc) is 2.92. The van der Waals surface area contributed by atoms with Crippen molar-refractivity contribution in [3.8, 4) is 0 Å². The minimum absolute atomic E-state index is 0.601. The van der Waals surface area contributed by atoms with Gasteiger partial charge in [-0.3, -0.25) is 5.43 Å². The maximum Gasteiger partial charge on any atom is 0.204 e. The third-order valence-corrected chi connectivity index (χ3v) is 4.71. The summed E-state index contributed by atoms with van der Waals surface area (Å²) in [5, 5.41) is 4.99. The summed E-state index contributed by atoms with van der Waals surface area (Å²) in [4.78, 5) is 4.46. The van der Waals surface area contributed by atoms with Crippen LogP contribution in [-0.2, 0) is 0 Å². The standard InChI is InChI=1S/C16H15N3OS/c1-10-8-12(10)14-7-6-11(20-14)9-17-19-16-18-13-4-2-3-5-15(13)21-16/h2-7,9-10,12H,8H2,1H3,(H,18,19)/b17-9-/t10-,12+/m1/s1. The van der Waals surface area contributed by atoms with E-state index in [1.165, 1.54) is 6.42 Å². The molecule has 2 heterocycles. The van der Waals surface area contributed by atoms with E-state index in [1.54, 1.807) is 17.6 Å². The topological polar surface area (TPSA) is 50.4 Å². The first kappa shape index (κ1) is 12.6. The van der Waals surface area contributed by atoms with Gasteiger partial charge in [-0.05, 0) is 36.6 Å². The molecule has 2 atom stereocenters. The van der Waals surface area contributed by atoms with Crippen molar-refractivity contribution in [3.63, 3.8) is 0 Å². The summed E-state index contributed by atoms with van der Waals surface area (Å²) >= 11 is 1.59. The van der Waals surface area contributed by atoms with E-state index in [0.717, 1.165) is 32.8 Å². The molecular formula is C16H15N3OS. The fraction of sp³-hybridized carbons (Fsp3) is 0.250. The van der Waals surface area contributed by atoms with Crippen LogP contribution in [0.15, 0.2) is 45.9 Å². The Morgan fingerprint density at radius 2 is 2.19 bits per heavy atom. The first-order valence-electron chi connectivity index (χ1n) is 7.04. The van der Waals surface area contributed by atoms with Gasteiger partial charge in [-0.1, -0.05) is 30.4 Å². The van der Waals surface area contributed by atoms with Crippen molar-refractivity contribution in [2.24, 2.45) is 11.0 Å². The molecular weight excluding hydrogens is 282 g/mol. The highest BCUT2D eigenvalue weighted by Gasteiger charge is 2.36. The minimum Gasteiger partial charge on any atom is -0.460 e. The van der Waals surface area contributed by atoms with Crippen molar-refractivity contribution in [3.05, 3.63) is 47.9 Å². The number of hydrogen-bond acceptors (Lipinski definition) is 5. The molecule has 0 unspecified atom stereocenters. The Bertz CT molecular complexity index is 772. The lowest BCUT2D eigenvalue weighted by Crippen LogP contribution is -1.88. The van der Waals surface area contributed by atoms with Crippen LogP contribution >= 0.6 is 11.3 Å². The summed E-state index contributed by atoms with van der Waals surface area (Å²) in [6.07, 6.45) is 2.93. The van der Waals surface area contributed by atoms with Crippen molar-refractivity contribution < 1.29 is 4.42 Å². The number of aromatic nitrogens is 1. The number of fused-ring (bicyclic) bond motifs is 1. The fourth-order valence-electron chi connectivity index (χ4n) is 2.43. The van der Waals surface area contributed by atoms with Crippen molar-refractivity contribution in [1.82, 2.24) is 4.98 Å². The van der Waals surface area contributed by atoms with Gasteiger partial charge < -0.3 is 4.42 Å². The van der Waals surface area contributed by atoms with Gasteiger partial charge in [0.15, 0.2) is 0 Å². The van der Waals surface area contributed by atoms with E-state index < -0.39 is 0 Å². The Kier molecular flexibility index (Phi) is 3.00. The lowest BCUT2D eigenvalue weighted by atomic mass is 10.3. The second-order valence-electron chi connectivity index (χ2n) is 5.42. The molecule has 1 fully saturated rings. The van der Waals surface area contributed by atoms with Gasteiger partial charge in [-0.25, -0.2) is 4.98 Å². The molecule has 1 aliphatic rings. The van der Waals surface area contributed by atoms with Gasteiger partial charge in [0.25, 0.3) is 0 Å². The highest BCUT2D eigenvalue weighted by Crippen LogP contribution is 2.47. The first-order chi connectivity index (χ1) is 10.3. The van der Waals surface area contributed by atoms with Gasteiger partial charge in [0.2, 0.25) is 5.13 Å². The molecule has 1 N–H and O–H groups in total. The van der Waals surface area contributed by atoms with Crippen LogP contribution in [0.25, 0.3) is 10.2 Å². The molecule has 0 spiro atoms. The number of nitrogens with one attached hydrogen (secondary N) is 1. The number of para-hydroxylation sites is 1. The number of benzene rings is 1. The molecule has 5 heteroatoms. The number of furan rings is 1. The zero-order valence-electron chi connectivity index (χ0n) is 11.6. The summed E-state index contributed by atoms with van der Waals surface area (Å²) in [6, 6.07) is 12.1. The van der Waals surface area contributed by atoms with Gasteiger partial charge in [0.1, 0.15) is 11.5 Å². The van der Waals surface area contributed by atoms with E-state index in [0.29, 0.717) is 5.92 Å². The molecule has 3 aromatic rings. The largest absolute Gasteiger partial charge is 0.460 e. The Balaban J connectivity index is 1.44. The molecule has 1 saturated carbocycles.